The maximum atomic E-state index is 13.3. The molecule has 2 fully saturated rings. The molecule has 3 aromatic rings. The second-order valence-corrected chi connectivity index (χ2v) is 8.25. The molecule has 10 heteroatoms. The van der Waals surface area contributed by atoms with Gasteiger partial charge >= 0.3 is 0 Å². The van der Waals surface area contributed by atoms with Gasteiger partial charge in [0.2, 0.25) is 11.9 Å². The second-order valence-electron chi connectivity index (χ2n) is 8.25. The first-order valence-electron chi connectivity index (χ1n) is 10.9. The molecule has 2 saturated heterocycles. The third kappa shape index (κ3) is 3.93. The lowest BCUT2D eigenvalue weighted by atomic mass is 9.95. The maximum absolute atomic E-state index is 13.3. The fourth-order valence-electron chi connectivity index (χ4n) is 4.33. The number of nitrogens with zero attached hydrogens (tertiary/aromatic N) is 8. The van der Waals surface area contributed by atoms with E-state index in [9.17, 15) is 4.79 Å². The highest BCUT2D eigenvalue weighted by molar-refractivity contribution is 5.79. The van der Waals surface area contributed by atoms with Crippen molar-refractivity contribution in [3.8, 4) is 11.5 Å². The summed E-state index contributed by atoms with van der Waals surface area (Å²) in [7, 11) is 1.86. The Morgan fingerprint density at radius 2 is 1.94 bits per heavy atom. The number of pyridine rings is 1. The van der Waals surface area contributed by atoms with Crippen LogP contribution in [0.15, 0.2) is 36.9 Å². The minimum absolute atomic E-state index is 0.0546. The average Bonchev–Trinajstić information content (AvgIpc) is 3.49. The lowest BCUT2D eigenvalue weighted by Crippen LogP contribution is -2.42. The number of amides is 1. The number of carbonyl (C=O) groups is 1. The first-order valence-corrected chi connectivity index (χ1v) is 10.9. The summed E-state index contributed by atoms with van der Waals surface area (Å²) in [6, 6.07) is 5.81. The van der Waals surface area contributed by atoms with E-state index in [2.05, 4.69) is 29.9 Å². The lowest BCUT2D eigenvalue weighted by Gasteiger charge is -2.34. The zero-order valence-corrected chi connectivity index (χ0v) is 18.3. The zero-order valence-electron chi connectivity index (χ0n) is 18.3. The Labute approximate surface area is 186 Å². The highest BCUT2D eigenvalue weighted by Crippen LogP contribution is 2.33. The molecule has 1 amide bonds. The summed E-state index contributed by atoms with van der Waals surface area (Å²) in [6.45, 7) is 3.91. The normalized spacial score (nSPS) is 19.5. The predicted molar refractivity (Wildman–Crippen MR) is 116 cm³/mol. The van der Waals surface area contributed by atoms with Gasteiger partial charge in [-0.15, -0.1) is 0 Å². The summed E-state index contributed by atoms with van der Waals surface area (Å²) in [5.74, 6) is 1.19. The van der Waals surface area contributed by atoms with Crippen LogP contribution in [-0.2, 0) is 16.7 Å². The van der Waals surface area contributed by atoms with E-state index < -0.39 is 0 Å². The molecule has 2 aliphatic heterocycles. The number of rotatable bonds is 4. The Balaban J connectivity index is 1.24. The summed E-state index contributed by atoms with van der Waals surface area (Å²) in [4.78, 5) is 38.7. The molecule has 32 heavy (non-hydrogen) atoms. The van der Waals surface area contributed by atoms with Crippen molar-refractivity contribution in [2.24, 2.45) is 13.0 Å². The van der Waals surface area contributed by atoms with Crippen LogP contribution in [0.4, 0.5) is 5.95 Å². The molecule has 0 aromatic carbocycles. The standard InChI is InChI=1S/C22H26N8O2/c1-15-3-4-17(13-23-15)18-8-12-32-30(18)21(31)16-6-10-29(11-7-16)22-25-14-24-20(27-22)19-5-9-26-28(19)2/h3-5,9,13-14,16,18H,6-8,10-12H2,1-2H3/t18-/m0/s1. The van der Waals surface area contributed by atoms with Crippen molar-refractivity contribution in [1.29, 1.82) is 0 Å². The third-order valence-corrected chi connectivity index (χ3v) is 6.18. The molecule has 0 unspecified atom stereocenters. The number of carbonyl (C=O) groups excluding carboxylic acids is 1. The van der Waals surface area contributed by atoms with Gasteiger partial charge in [0.1, 0.15) is 12.0 Å². The summed E-state index contributed by atoms with van der Waals surface area (Å²) < 4.78 is 1.74. The average molecular weight is 435 g/mol. The van der Waals surface area contributed by atoms with Crippen molar-refractivity contribution in [3.05, 3.63) is 48.2 Å². The second kappa shape index (κ2) is 8.62. The number of aryl methyl sites for hydroxylation is 2. The van der Waals surface area contributed by atoms with Crippen LogP contribution in [-0.4, -0.2) is 60.4 Å². The van der Waals surface area contributed by atoms with Crippen LogP contribution in [0.5, 0.6) is 0 Å². The predicted octanol–water partition coefficient (Wildman–Crippen LogP) is 2.10. The molecule has 0 saturated carbocycles. The zero-order chi connectivity index (χ0) is 22.1. The Bertz CT molecular complexity index is 1090. The molecule has 0 spiro atoms. The van der Waals surface area contributed by atoms with Crippen molar-refractivity contribution >= 4 is 11.9 Å². The molecular formula is C22H26N8O2. The van der Waals surface area contributed by atoms with E-state index in [1.54, 1.807) is 15.9 Å². The lowest BCUT2D eigenvalue weighted by molar-refractivity contribution is -0.182. The molecule has 1 atom stereocenters. The van der Waals surface area contributed by atoms with Gasteiger partial charge in [-0.1, -0.05) is 6.07 Å². The van der Waals surface area contributed by atoms with Crippen LogP contribution in [0.1, 0.15) is 36.6 Å². The van der Waals surface area contributed by atoms with E-state index in [1.165, 1.54) is 6.33 Å². The largest absolute Gasteiger partial charge is 0.341 e. The number of hydrogen-bond acceptors (Lipinski definition) is 8. The van der Waals surface area contributed by atoms with Crippen LogP contribution >= 0.6 is 0 Å². The molecule has 0 radical (unpaired) electrons. The highest BCUT2D eigenvalue weighted by Gasteiger charge is 2.37. The number of aromatic nitrogens is 6. The van der Waals surface area contributed by atoms with Gasteiger partial charge in [0.15, 0.2) is 5.82 Å². The molecule has 5 heterocycles. The van der Waals surface area contributed by atoms with Crippen molar-refractivity contribution in [2.45, 2.75) is 32.2 Å². The number of hydroxylamine groups is 2. The van der Waals surface area contributed by atoms with E-state index in [4.69, 9.17) is 4.84 Å². The number of hydrogen-bond donors (Lipinski definition) is 0. The van der Waals surface area contributed by atoms with Gasteiger partial charge in [-0.05, 0) is 37.5 Å². The van der Waals surface area contributed by atoms with Gasteiger partial charge in [0, 0.05) is 50.6 Å². The number of anilines is 1. The van der Waals surface area contributed by atoms with Crippen molar-refractivity contribution in [1.82, 2.24) is 34.8 Å². The van der Waals surface area contributed by atoms with Crippen LogP contribution in [0.25, 0.3) is 11.5 Å². The van der Waals surface area contributed by atoms with Crippen molar-refractivity contribution in [3.63, 3.8) is 0 Å². The molecule has 0 aliphatic carbocycles. The quantitative estimate of drug-likeness (QED) is 0.615. The fourth-order valence-corrected chi connectivity index (χ4v) is 4.33. The van der Waals surface area contributed by atoms with E-state index in [1.807, 2.05) is 38.4 Å². The van der Waals surface area contributed by atoms with Gasteiger partial charge in [0.05, 0.1) is 12.6 Å². The number of piperidine rings is 1. The topological polar surface area (TPSA) is 102 Å². The smallest absolute Gasteiger partial charge is 0.249 e. The molecule has 166 valence electrons. The Morgan fingerprint density at radius 3 is 2.66 bits per heavy atom. The van der Waals surface area contributed by atoms with Crippen molar-refractivity contribution in [2.75, 3.05) is 24.6 Å². The SMILES string of the molecule is Cc1ccc([C@@H]2CCON2C(=O)C2CCN(c3ncnc(-c4ccnn4C)n3)CC2)cn1. The maximum Gasteiger partial charge on any atom is 0.249 e. The summed E-state index contributed by atoms with van der Waals surface area (Å²) in [6.07, 6.45) is 7.33. The molecule has 5 rings (SSSR count). The summed E-state index contributed by atoms with van der Waals surface area (Å²) >= 11 is 0. The fraction of sp³-hybridized carbons (Fsp3) is 0.455. The highest BCUT2D eigenvalue weighted by atomic mass is 16.7. The molecule has 10 nitrogen and oxygen atoms in total. The summed E-state index contributed by atoms with van der Waals surface area (Å²) in [5.41, 5.74) is 2.82. The van der Waals surface area contributed by atoms with Gasteiger partial charge in [0.25, 0.3) is 0 Å². The van der Waals surface area contributed by atoms with Gasteiger partial charge in [-0.25, -0.2) is 15.0 Å². The van der Waals surface area contributed by atoms with Crippen LogP contribution in [0, 0.1) is 12.8 Å². The first-order chi connectivity index (χ1) is 15.6. The minimum Gasteiger partial charge on any atom is -0.341 e. The third-order valence-electron chi connectivity index (χ3n) is 6.18. The Hall–Kier alpha value is -3.40. The van der Waals surface area contributed by atoms with Gasteiger partial charge in [-0.3, -0.25) is 19.3 Å². The van der Waals surface area contributed by atoms with E-state index in [0.717, 1.165) is 36.2 Å². The van der Waals surface area contributed by atoms with Gasteiger partial charge in [-0.2, -0.15) is 10.1 Å². The molecule has 0 bridgehead atoms. The van der Waals surface area contributed by atoms with Crippen LogP contribution in [0.2, 0.25) is 0 Å². The molecule has 0 N–H and O–H groups in total. The monoisotopic (exact) mass is 434 g/mol. The van der Waals surface area contributed by atoms with Gasteiger partial charge < -0.3 is 4.90 Å². The van der Waals surface area contributed by atoms with Crippen LogP contribution in [0.3, 0.4) is 0 Å². The minimum atomic E-state index is -0.0800. The molecule has 3 aromatic heterocycles. The Morgan fingerprint density at radius 1 is 1.09 bits per heavy atom. The molecular weight excluding hydrogens is 408 g/mol. The van der Waals surface area contributed by atoms with E-state index in [-0.39, 0.29) is 17.9 Å². The van der Waals surface area contributed by atoms with Crippen LogP contribution < -0.4 is 4.90 Å². The Kier molecular flexibility index (Phi) is 5.52. The van der Waals surface area contributed by atoms with E-state index >= 15 is 0 Å². The summed E-state index contributed by atoms with van der Waals surface area (Å²) in [5, 5.41) is 5.76. The molecule has 2 aliphatic rings. The van der Waals surface area contributed by atoms with E-state index in [0.29, 0.717) is 31.5 Å². The first kappa shape index (κ1) is 20.5. The van der Waals surface area contributed by atoms with Crippen molar-refractivity contribution < 1.29 is 9.63 Å².